The number of methoxy groups -OCH3 is 1. The number of hydrogen-bond acceptors (Lipinski definition) is 3. The molecule has 1 aliphatic heterocycles. The highest BCUT2D eigenvalue weighted by Gasteiger charge is 2.70. The lowest BCUT2D eigenvalue weighted by molar-refractivity contribution is -0.241. The predicted molar refractivity (Wildman–Crippen MR) is 105 cm³/mol. The molecule has 3 nitrogen and oxygen atoms in total. The second-order valence-electron chi connectivity index (χ2n) is 8.60. The van der Waals surface area contributed by atoms with Gasteiger partial charge < -0.3 is 14.2 Å². The summed E-state index contributed by atoms with van der Waals surface area (Å²) in [6, 6.07) is 6.75. The molecule has 4 aliphatic rings. The molecule has 4 heteroatoms. The molecule has 1 spiro atoms. The van der Waals surface area contributed by atoms with Gasteiger partial charge in [-0.3, -0.25) is 0 Å². The van der Waals surface area contributed by atoms with Crippen molar-refractivity contribution in [2.24, 2.45) is 17.3 Å². The molecule has 142 valence electrons. The summed E-state index contributed by atoms with van der Waals surface area (Å²) in [5.74, 6) is 2.72. The van der Waals surface area contributed by atoms with Crippen LogP contribution in [-0.4, -0.2) is 30.9 Å². The summed E-state index contributed by atoms with van der Waals surface area (Å²) in [7, 11) is 1.76. The number of halogens is 1. The van der Waals surface area contributed by atoms with Crippen molar-refractivity contribution < 1.29 is 14.2 Å². The van der Waals surface area contributed by atoms with E-state index in [0.717, 1.165) is 31.3 Å². The summed E-state index contributed by atoms with van der Waals surface area (Å²) in [4.78, 5) is 0.318. The van der Waals surface area contributed by atoms with E-state index < -0.39 is 5.79 Å². The molecular formula is C22H29BrO3. The number of hydrogen-bond donors (Lipinski definition) is 0. The molecule has 1 unspecified atom stereocenters. The van der Waals surface area contributed by atoms with Crippen molar-refractivity contribution in [3.05, 3.63) is 29.3 Å². The van der Waals surface area contributed by atoms with Crippen molar-refractivity contribution in [3.63, 3.8) is 0 Å². The van der Waals surface area contributed by atoms with Crippen LogP contribution in [0.25, 0.3) is 0 Å². The van der Waals surface area contributed by atoms with Crippen LogP contribution in [0.1, 0.15) is 56.1 Å². The minimum atomic E-state index is -0.391. The van der Waals surface area contributed by atoms with Gasteiger partial charge in [0.25, 0.3) is 0 Å². The highest BCUT2D eigenvalue weighted by molar-refractivity contribution is 9.09. The summed E-state index contributed by atoms with van der Waals surface area (Å²) in [6.07, 6.45) is 7.25. The zero-order valence-electron chi connectivity index (χ0n) is 15.8. The van der Waals surface area contributed by atoms with E-state index in [-0.39, 0.29) is 5.41 Å². The molecule has 0 N–H and O–H groups in total. The SMILES string of the molecule is CC[C@]12CC[C@@H]3c4ccc(OC)cc4CC[C@H]3[C@@H]1CC(Br)C21OCCO1. The van der Waals surface area contributed by atoms with E-state index in [1.807, 2.05) is 0 Å². The van der Waals surface area contributed by atoms with Crippen LogP contribution < -0.4 is 4.74 Å². The van der Waals surface area contributed by atoms with Gasteiger partial charge in [0, 0.05) is 5.41 Å². The molecule has 0 bridgehead atoms. The van der Waals surface area contributed by atoms with Gasteiger partial charge in [-0.1, -0.05) is 28.9 Å². The van der Waals surface area contributed by atoms with Gasteiger partial charge in [0.1, 0.15) is 5.75 Å². The van der Waals surface area contributed by atoms with Gasteiger partial charge in [-0.25, -0.2) is 0 Å². The minimum absolute atomic E-state index is 0.169. The molecule has 26 heavy (non-hydrogen) atoms. The van der Waals surface area contributed by atoms with Gasteiger partial charge in [0.15, 0.2) is 5.79 Å². The Hall–Kier alpha value is -0.580. The molecule has 1 heterocycles. The van der Waals surface area contributed by atoms with Gasteiger partial charge in [-0.15, -0.1) is 0 Å². The van der Waals surface area contributed by atoms with Gasteiger partial charge in [-0.05, 0) is 79.5 Å². The van der Waals surface area contributed by atoms with E-state index in [1.54, 1.807) is 12.7 Å². The van der Waals surface area contributed by atoms with Gasteiger partial charge in [-0.2, -0.15) is 0 Å². The van der Waals surface area contributed by atoms with Crippen molar-refractivity contribution in [2.45, 2.75) is 62.0 Å². The Morgan fingerprint density at radius 1 is 1.23 bits per heavy atom. The van der Waals surface area contributed by atoms with Crippen LogP contribution in [0, 0.1) is 17.3 Å². The highest BCUT2D eigenvalue weighted by Crippen LogP contribution is 2.68. The Morgan fingerprint density at radius 2 is 2.04 bits per heavy atom. The number of aryl methyl sites for hydroxylation is 1. The van der Waals surface area contributed by atoms with Crippen molar-refractivity contribution in [2.75, 3.05) is 20.3 Å². The molecule has 1 aromatic rings. The smallest absolute Gasteiger partial charge is 0.186 e. The first-order valence-corrected chi connectivity index (χ1v) is 11.2. The van der Waals surface area contributed by atoms with Crippen LogP contribution >= 0.6 is 15.9 Å². The van der Waals surface area contributed by atoms with E-state index in [0.29, 0.717) is 16.7 Å². The van der Waals surface area contributed by atoms with Crippen molar-refractivity contribution >= 4 is 15.9 Å². The maximum atomic E-state index is 6.37. The Morgan fingerprint density at radius 3 is 2.77 bits per heavy atom. The molecular weight excluding hydrogens is 392 g/mol. The van der Waals surface area contributed by atoms with Gasteiger partial charge in [0.2, 0.25) is 0 Å². The van der Waals surface area contributed by atoms with Crippen molar-refractivity contribution in [3.8, 4) is 5.75 Å². The van der Waals surface area contributed by atoms with E-state index in [4.69, 9.17) is 14.2 Å². The molecule has 3 fully saturated rings. The largest absolute Gasteiger partial charge is 0.497 e. The first-order chi connectivity index (χ1) is 12.6. The van der Waals surface area contributed by atoms with Crippen LogP contribution in [0.5, 0.6) is 5.75 Å². The lowest BCUT2D eigenvalue weighted by Gasteiger charge is -2.54. The highest BCUT2D eigenvalue weighted by atomic mass is 79.9. The Balaban J connectivity index is 1.53. The maximum absolute atomic E-state index is 6.37. The third-order valence-corrected chi connectivity index (χ3v) is 9.03. The molecule has 1 aromatic carbocycles. The molecule has 1 saturated heterocycles. The Bertz CT molecular complexity index is 699. The zero-order chi connectivity index (χ0) is 17.9. The fraction of sp³-hybridized carbons (Fsp3) is 0.727. The normalized spacial score (nSPS) is 40.1. The fourth-order valence-corrected chi connectivity index (χ4v) is 8.13. The first kappa shape index (κ1) is 17.5. The molecule has 0 amide bonds. The lowest BCUT2D eigenvalue weighted by Crippen LogP contribution is -2.55. The van der Waals surface area contributed by atoms with Crippen molar-refractivity contribution in [1.29, 1.82) is 0 Å². The van der Waals surface area contributed by atoms with E-state index >= 15 is 0 Å². The fourth-order valence-electron chi connectivity index (χ4n) is 7.01. The van der Waals surface area contributed by atoms with Crippen LogP contribution in [0.15, 0.2) is 18.2 Å². The number of alkyl halides is 1. The van der Waals surface area contributed by atoms with Crippen LogP contribution in [0.4, 0.5) is 0 Å². The Labute approximate surface area is 164 Å². The van der Waals surface area contributed by atoms with E-state index in [1.165, 1.54) is 37.7 Å². The third kappa shape index (κ3) is 2.13. The lowest BCUT2D eigenvalue weighted by atomic mass is 9.53. The number of benzene rings is 1. The molecule has 0 radical (unpaired) electrons. The molecule has 5 rings (SSSR count). The van der Waals surface area contributed by atoms with Crippen LogP contribution in [0.2, 0.25) is 0 Å². The van der Waals surface area contributed by atoms with Gasteiger partial charge >= 0.3 is 0 Å². The van der Waals surface area contributed by atoms with Crippen molar-refractivity contribution in [1.82, 2.24) is 0 Å². The number of ether oxygens (including phenoxy) is 3. The topological polar surface area (TPSA) is 27.7 Å². The van der Waals surface area contributed by atoms with Crippen LogP contribution in [-0.2, 0) is 15.9 Å². The average Bonchev–Trinajstić information content (AvgIpc) is 3.27. The van der Waals surface area contributed by atoms with Crippen LogP contribution in [0.3, 0.4) is 0 Å². The molecule has 2 saturated carbocycles. The van der Waals surface area contributed by atoms with E-state index in [9.17, 15) is 0 Å². The number of fused-ring (bicyclic) bond motifs is 6. The maximum Gasteiger partial charge on any atom is 0.186 e. The molecule has 0 aromatic heterocycles. The Kier molecular flexibility index (Phi) is 4.19. The summed E-state index contributed by atoms with van der Waals surface area (Å²) in [5.41, 5.74) is 3.25. The van der Waals surface area contributed by atoms with E-state index in [2.05, 4.69) is 41.1 Å². The quantitative estimate of drug-likeness (QED) is 0.625. The average molecular weight is 421 g/mol. The minimum Gasteiger partial charge on any atom is -0.497 e. The number of rotatable bonds is 2. The zero-order valence-corrected chi connectivity index (χ0v) is 17.4. The molecule has 3 aliphatic carbocycles. The second kappa shape index (κ2) is 6.22. The third-order valence-electron chi connectivity index (χ3n) is 8.06. The predicted octanol–water partition coefficient (Wildman–Crippen LogP) is 5.06. The summed E-state index contributed by atoms with van der Waals surface area (Å²) in [5, 5.41) is 0. The summed E-state index contributed by atoms with van der Waals surface area (Å²) in [6.45, 7) is 3.84. The van der Waals surface area contributed by atoms with Gasteiger partial charge in [0.05, 0.1) is 25.2 Å². The molecule has 5 atom stereocenters. The monoisotopic (exact) mass is 420 g/mol. The second-order valence-corrected chi connectivity index (χ2v) is 9.70. The summed E-state index contributed by atoms with van der Waals surface area (Å²) >= 11 is 3.99. The first-order valence-electron chi connectivity index (χ1n) is 10.2. The summed E-state index contributed by atoms with van der Waals surface area (Å²) < 4.78 is 18.2. The standard InChI is InChI=1S/C22H29BrO3/c1-3-21-9-8-17-16-7-5-15(24-2)12-14(16)4-6-18(17)19(21)13-20(23)22(21)25-10-11-26-22/h5,7,12,17-20H,3-4,6,8-11,13H2,1-2H3/t17-,18-,19+,20?,21+/m1/s1.